The van der Waals surface area contributed by atoms with Crippen molar-refractivity contribution in [1.29, 1.82) is 0 Å². The predicted octanol–water partition coefficient (Wildman–Crippen LogP) is 3.94. The van der Waals surface area contributed by atoms with Crippen molar-refractivity contribution >= 4 is 18.0 Å². The van der Waals surface area contributed by atoms with E-state index >= 15 is 0 Å². The van der Waals surface area contributed by atoms with Crippen LogP contribution >= 0.6 is 0 Å². The molecule has 0 aromatic carbocycles. The Morgan fingerprint density at radius 2 is 1.93 bits per heavy atom. The zero-order valence-corrected chi connectivity index (χ0v) is 19.4. The summed E-state index contributed by atoms with van der Waals surface area (Å²) in [5, 5.41) is 0. The molecule has 0 heterocycles. The van der Waals surface area contributed by atoms with Crippen LogP contribution in [0.5, 0.6) is 0 Å². The number of hydrogen-bond donors (Lipinski definition) is 0. The van der Waals surface area contributed by atoms with Crippen LogP contribution in [-0.4, -0.2) is 44.1 Å². The van der Waals surface area contributed by atoms with Crippen LogP contribution in [0.2, 0.25) is 0 Å². The molecule has 3 fully saturated rings. The highest BCUT2D eigenvalue weighted by Crippen LogP contribution is 2.63. The van der Waals surface area contributed by atoms with E-state index in [0.717, 1.165) is 32.0 Å². The van der Waals surface area contributed by atoms with Crippen molar-refractivity contribution in [2.75, 3.05) is 13.9 Å². The summed E-state index contributed by atoms with van der Waals surface area (Å²) in [7, 11) is 1.57. The summed E-state index contributed by atoms with van der Waals surface area (Å²) in [5.41, 5.74) is -1.27. The molecule has 0 aliphatic heterocycles. The number of fused-ring (bicyclic) bond motifs is 2. The zero-order chi connectivity index (χ0) is 22.3. The summed E-state index contributed by atoms with van der Waals surface area (Å²) in [6, 6.07) is 0. The Balaban J connectivity index is 2.17. The Kier molecular flexibility index (Phi) is 6.51. The molecule has 0 amide bonds. The number of esters is 1. The summed E-state index contributed by atoms with van der Waals surface area (Å²) < 4.78 is 17.3. The second kappa shape index (κ2) is 8.34. The van der Waals surface area contributed by atoms with Gasteiger partial charge in [0, 0.05) is 31.8 Å². The topological polar surface area (TPSA) is 78.9 Å². The van der Waals surface area contributed by atoms with Crippen molar-refractivity contribution in [2.24, 2.45) is 34.0 Å². The van der Waals surface area contributed by atoms with Crippen LogP contribution in [0.3, 0.4) is 0 Å². The average molecular weight is 423 g/mol. The van der Waals surface area contributed by atoms with E-state index in [0.29, 0.717) is 18.6 Å². The Morgan fingerprint density at radius 3 is 2.53 bits per heavy atom. The van der Waals surface area contributed by atoms with E-state index in [1.54, 1.807) is 7.11 Å². The lowest BCUT2D eigenvalue weighted by Crippen LogP contribution is -2.57. The molecule has 0 aromatic heterocycles. The van der Waals surface area contributed by atoms with Gasteiger partial charge in [-0.15, -0.1) is 0 Å². The van der Waals surface area contributed by atoms with Crippen LogP contribution in [0.1, 0.15) is 73.1 Å². The molecule has 6 heteroatoms. The molecule has 0 saturated heterocycles. The van der Waals surface area contributed by atoms with Crippen LogP contribution in [0.25, 0.3) is 0 Å². The van der Waals surface area contributed by atoms with Crippen molar-refractivity contribution in [1.82, 2.24) is 0 Å². The van der Waals surface area contributed by atoms with Gasteiger partial charge in [0.05, 0.1) is 11.5 Å². The number of carbonyl (C=O) groups excluding carboxylic acids is 3. The molecule has 1 spiro atoms. The number of ketones is 1. The smallest absolute Gasteiger partial charge is 0.302 e. The third-order valence-corrected chi connectivity index (χ3v) is 8.85. The van der Waals surface area contributed by atoms with Gasteiger partial charge < -0.3 is 19.0 Å². The molecule has 3 saturated carbocycles. The first-order chi connectivity index (χ1) is 14.0. The first kappa shape index (κ1) is 23.4. The summed E-state index contributed by atoms with van der Waals surface area (Å²) in [4.78, 5) is 37.4. The first-order valence-corrected chi connectivity index (χ1v) is 11.3. The number of carbonyl (C=O) groups is 3. The van der Waals surface area contributed by atoms with E-state index in [4.69, 9.17) is 14.2 Å². The van der Waals surface area contributed by atoms with Crippen LogP contribution in [-0.2, 0) is 28.6 Å². The van der Waals surface area contributed by atoms with Crippen molar-refractivity contribution < 1.29 is 28.6 Å². The van der Waals surface area contributed by atoms with Gasteiger partial charge in [-0.2, -0.15) is 0 Å². The largest absolute Gasteiger partial charge is 0.462 e. The predicted molar refractivity (Wildman–Crippen MR) is 112 cm³/mol. The fraction of sp³-hybridized carbons (Fsp3) is 0.875. The molecule has 3 bridgehead atoms. The van der Waals surface area contributed by atoms with Gasteiger partial charge in [-0.05, 0) is 49.4 Å². The molecule has 8 atom stereocenters. The third-order valence-electron chi connectivity index (χ3n) is 8.85. The highest BCUT2D eigenvalue weighted by molar-refractivity contribution is 5.82. The van der Waals surface area contributed by atoms with Crippen LogP contribution in [0.4, 0.5) is 0 Å². The number of aldehydes is 1. The molecule has 0 N–H and O–H groups in total. The maximum absolute atomic E-state index is 12.8. The lowest BCUT2D eigenvalue weighted by atomic mass is 9.51. The molecule has 3 aliphatic carbocycles. The molecule has 2 unspecified atom stereocenters. The van der Waals surface area contributed by atoms with Crippen LogP contribution < -0.4 is 0 Å². The van der Waals surface area contributed by atoms with E-state index in [-0.39, 0.29) is 47.4 Å². The minimum Gasteiger partial charge on any atom is -0.462 e. The molecule has 170 valence electrons. The molecule has 0 aromatic rings. The SMILES string of the molecule is COCO[C@H]1[C@H](C)C23CCC(=O)C(C[C@@H](C)[C@](C)(C2)[C@H](OC(C)=O)C[C@@]1(C)C=O)C3. The lowest BCUT2D eigenvalue weighted by Gasteiger charge is -2.56. The fourth-order valence-corrected chi connectivity index (χ4v) is 6.90. The molecule has 6 nitrogen and oxygen atoms in total. The highest BCUT2D eigenvalue weighted by Gasteiger charge is 2.61. The summed E-state index contributed by atoms with van der Waals surface area (Å²) >= 11 is 0. The maximum Gasteiger partial charge on any atom is 0.302 e. The lowest BCUT2D eigenvalue weighted by molar-refractivity contribution is -0.200. The van der Waals surface area contributed by atoms with E-state index in [9.17, 15) is 14.4 Å². The van der Waals surface area contributed by atoms with Gasteiger partial charge in [-0.3, -0.25) is 9.59 Å². The van der Waals surface area contributed by atoms with E-state index in [2.05, 4.69) is 20.8 Å². The van der Waals surface area contributed by atoms with E-state index in [1.807, 2.05) is 6.92 Å². The van der Waals surface area contributed by atoms with Crippen LogP contribution in [0.15, 0.2) is 0 Å². The Bertz CT molecular complexity index is 691. The highest BCUT2D eigenvalue weighted by atomic mass is 16.7. The summed E-state index contributed by atoms with van der Waals surface area (Å²) in [6.07, 6.45) is 4.46. The van der Waals surface area contributed by atoms with Crippen LogP contribution in [0, 0.1) is 34.0 Å². The number of hydrogen-bond acceptors (Lipinski definition) is 6. The van der Waals surface area contributed by atoms with Gasteiger partial charge in [-0.1, -0.05) is 27.7 Å². The normalized spacial score (nSPS) is 46.3. The van der Waals surface area contributed by atoms with Crippen molar-refractivity contribution in [3.63, 3.8) is 0 Å². The standard InChI is InChI=1S/C24H38O6/c1-15-9-18-10-24(8-7-19(18)27)12-23(15,5)20(30-17(3)26)11-22(4,13-25)21(16(24)2)29-14-28-6/h13,15-16,18,20-21H,7-12,14H2,1-6H3/t15-,16+,18?,20-,21+,22+,23+,24?/m1/s1. The molecule has 3 aliphatic rings. The van der Waals surface area contributed by atoms with Gasteiger partial charge in [0.15, 0.2) is 0 Å². The minimum atomic E-state index is -0.826. The van der Waals surface area contributed by atoms with Gasteiger partial charge in [0.1, 0.15) is 25.0 Å². The van der Waals surface area contributed by atoms with Gasteiger partial charge in [0.2, 0.25) is 0 Å². The second-order valence-corrected chi connectivity index (χ2v) is 10.8. The Morgan fingerprint density at radius 1 is 1.23 bits per heavy atom. The Hall–Kier alpha value is -1.27. The van der Waals surface area contributed by atoms with Crippen molar-refractivity contribution in [3.05, 3.63) is 0 Å². The zero-order valence-electron chi connectivity index (χ0n) is 19.4. The number of rotatable bonds is 5. The average Bonchev–Trinajstić information content (AvgIpc) is 2.78. The Labute approximate surface area is 180 Å². The second-order valence-electron chi connectivity index (χ2n) is 10.8. The quantitative estimate of drug-likeness (QED) is 0.379. The minimum absolute atomic E-state index is 0.0275. The van der Waals surface area contributed by atoms with Crippen molar-refractivity contribution in [3.8, 4) is 0 Å². The third kappa shape index (κ3) is 3.86. The van der Waals surface area contributed by atoms with E-state index < -0.39 is 11.5 Å². The fourth-order valence-electron chi connectivity index (χ4n) is 6.90. The number of ether oxygens (including phenoxy) is 3. The summed E-state index contributed by atoms with van der Waals surface area (Å²) in [6.45, 7) is 10.0. The van der Waals surface area contributed by atoms with Crippen molar-refractivity contribution in [2.45, 2.75) is 85.4 Å². The number of methoxy groups -OCH3 is 1. The molecular weight excluding hydrogens is 384 g/mol. The molecule has 30 heavy (non-hydrogen) atoms. The first-order valence-electron chi connectivity index (χ1n) is 11.3. The van der Waals surface area contributed by atoms with Gasteiger partial charge >= 0.3 is 5.97 Å². The maximum atomic E-state index is 12.8. The molecule has 3 rings (SSSR count). The number of Topliss-reactive ketones (excluding diaryl/α,β-unsaturated/α-hetero) is 1. The van der Waals surface area contributed by atoms with Gasteiger partial charge in [-0.25, -0.2) is 0 Å². The molecular formula is C24H38O6. The molecule has 0 radical (unpaired) electrons. The monoisotopic (exact) mass is 422 g/mol. The van der Waals surface area contributed by atoms with Gasteiger partial charge in [0.25, 0.3) is 0 Å². The summed E-state index contributed by atoms with van der Waals surface area (Å²) in [5.74, 6) is 0.322. The van der Waals surface area contributed by atoms with E-state index in [1.165, 1.54) is 6.92 Å².